The van der Waals surface area contributed by atoms with Crippen molar-refractivity contribution in [1.29, 1.82) is 0 Å². The van der Waals surface area contributed by atoms with Crippen molar-refractivity contribution in [2.24, 2.45) is 0 Å². The van der Waals surface area contributed by atoms with Crippen LogP contribution in [0.5, 0.6) is 0 Å². The molecule has 1 aliphatic heterocycles. The number of alkyl halides is 2. The van der Waals surface area contributed by atoms with E-state index in [0.29, 0.717) is 52.3 Å². The molecule has 0 aromatic carbocycles. The lowest BCUT2D eigenvalue weighted by Crippen LogP contribution is -2.24. The summed E-state index contributed by atoms with van der Waals surface area (Å²) in [6.45, 7) is 0.287. The van der Waals surface area contributed by atoms with Crippen LogP contribution in [-0.4, -0.2) is 64.0 Å². The molecule has 0 unspecified atom stereocenters. The van der Waals surface area contributed by atoms with Crippen molar-refractivity contribution in [3.63, 3.8) is 0 Å². The van der Waals surface area contributed by atoms with Crippen molar-refractivity contribution in [1.82, 2.24) is 45.0 Å². The van der Waals surface area contributed by atoms with E-state index in [1.807, 2.05) is 18.2 Å². The Bertz CT molecular complexity index is 1830. The fraction of sp³-hybridized carbons (Fsp3) is 0.185. The third-order valence-corrected chi connectivity index (χ3v) is 6.83. The van der Waals surface area contributed by atoms with Gasteiger partial charge in [0.1, 0.15) is 16.9 Å². The van der Waals surface area contributed by atoms with Crippen molar-refractivity contribution >= 4 is 21.9 Å². The molecule has 0 amide bonds. The quantitative estimate of drug-likeness (QED) is 0.325. The molecule has 12 heteroatoms. The zero-order chi connectivity index (χ0) is 26.6. The number of aromatic amines is 2. The highest BCUT2D eigenvalue weighted by Crippen LogP contribution is 2.34. The van der Waals surface area contributed by atoms with Gasteiger partial charge < -0.3 is 4.98 Å². The average molecular weight is 528 g/mol. The molecule has 194 valence electrons. The Hall–Kier alpha value is -4.71. The van der Waals surface area contributed by atoms with Gasteiger partial charge in [-0.25, -0.2) is 18.2 Å². The molecule has 7 heterocycles. The van der Waals surface area contributed by atoms with Crippen LogP contribution in [0.1, 0.15) is 12.0 Å². The summed E-state index contributed by atoms with van der Waals surface area (Å²) in [7, 11) is 0. The maximum Gasteiger partial charge on any atom is 0.261 e. The van der Waals surface area contributed by atoms with Crippen LogP contribution in [-0.2, 0) is 6.54 Å². The Morgan fingerprint density at radius 3 is 2.69 bits per heavy atom. The number of nitrogens with zero attached hydrogens (tertiary/aromatic N) is 7. The molecule has 0 radical (unpaired) electrons. The van der Waals surface area contributed by atoms with E-state index in [-0.39, 0.29) is 29.7 Å². The molecule has 9 nitrogen and oxygen atoms in total. The van der Waals surface area contributed by atoms with E-state index in [1.165, 1.54) is 12.4 Å². The molecule has 0 aliphatic carbocycles. The number of hydrogen-bond donors (Lipinski definition) is 2. The summed E-state index contributed by atoms with van der Waals surface area (Å²) >= 11 is 0. The maximum absolute atomic E-state index is 16.0. The van der Waals surface area contributed by atoms with Gasteiger partial charge in [-0.1, -0.05) is 6.07 Å². The van der Waals surface area contributed by atoms with Crippen molar-refractivity contribution in [2.75, 3.05) is 13.1 Å². The minimum atomic E-state index is -2.69. The minimum absolute atomic E-state index is 0.0817. The van der Waals surface area contributed by atoms with Crippen molar-refractivity contribution in [2.45, 2.75) is 18.9 Å². The number of likely N-dealkylation sites (tertiary alicyclic amines) is 1. The molecule has 0 spiro atoms. The van der Waals surface area contributed by atoms with Gasteiger partial charge in [0.15, 0.2) is 11.6 Å². The largest absolute Gasteiger partial charge is 0.335 e. The van der Waals surface area contributed by atoms with Crippen LogP contribution in [0.25, 0.3) is 56.0 Å². The Kier molecular flexibility index (Phi) is 5.37. The topological polar surface area (TPSA) is 112 Å². The van der Waals surface area contributed by atoms with E-state index in [1.54, 1.807) is 35.8 Å². The van der Waals surface area contributed by atoms with Gasteiger partial charge in [0.2, 0.25) is 0 Å². The van der Waals surface area contributed by atoms with E-state index < -0.39 is 11.7 Å². The molecule has 6 aromatic heterocycles. The summed E-state index contributed by atoms with van der Waals surface area (Å²) in [6, 6.07) is 7.30. The Balaban J connectivity index is 1.28. The van der Waals surface area contributed by atoms with Crippen LogP contribution in [0, 0.1) is 5.82 Å². The first kappa shape index (κ1) is 23.4. The van der Waals surface area contributed by atoms with Crippen LogP contribution in [0.2, 0.25) is 0 Å². The number of hydrogen-bond acceptors (Lipinski definition) is 7. The molecule has 2 N–H and O–H groups in total. The summed E-state index contributed by atoms with van der Waals surface area (Å²) in [5, 5.41) is 7.38. The highest BCUT2D eigenvalue weighted by Gasteiger charge is 2.38. The lowest BCUT2D eigenvalue weighted by atomic mass is 10.1. The molecule has 0 atom stereocenters. The molecule has 0 saturated carbocycles. The molecule has 7 rings (SSSR count). The van der Waals surface area contributed by atoms with Crippen molar-refractivity contribution in [3.8, 4) is 34.0 Å². The number of nitrogens with one attached hydrogen (secondary N) is 2. The predicted molar refractivity (Wildman–Crippen MR) is 138 cm³/mol. The standard InChI is InChI=1S/C27H20F3N9/c28-22-21-19(12-34-23(22)16-7-15(8-31-9-16)13-39-6-4-27(29,30)14-39)37-38-25(21)26-35-20-11-32-10-17(24(20)36-26)18-3-1-2-5-33-18/h1-3,5,7-12H,4,6,13-14H2,(H,35,36)(H,37,38). The average Bonchev–Trinajstić information content (AvgIpc) is 3.65. The van der Waals surface area contributed by atoms with E-state index in [2.05, 4.69) is 35.1 Å². The number of H-pyrrole nitrogens is 2. The lowest BCUT2D eigenvalue weighted by Gasteiger charge is -2.15. The smallest absolute Gasteiger partial charge is 0.261 e. The summed E-state index contributed by atoms with van der Waals surface area (Å²) in [6.07, 6.45) is 9.45. The Morgan fingerprint density at radius 2 is 1.87 bits per heavy atom. The van der Waals surface area contributed by atoms with E-state index in [0.717, 1.165) is 5.56 Å². The second-order valence-electron chi connectivity index (χ2n) is 9.56. The Labute approximate surface area is 219 Å². The number of fused-ring (bicyclic) bond motifs is 2. The number of halogens is 3. The van der Waals surface area contributed by atoms with Gasteiger partial charge in [0, 0.05) is 55.4 Å². The first-order chi connectivity index (χ1) is 18.9. The highest BCUT2D eigenvalue weighted by molar-refractivity contribution is 5.97. The number of aromatic nitrogens is 8. The lowest BCUT2D eigenvalue weighted by molar-refractivity contribution is 0.0115. The third-order valence-electron chi connectivity index (χ3n) is 6.83. The molecular weight excluding hydrogens is 507 g/mol. The Morgan fingerprint density at radius 1 is 0.974 bits per heavy atom. The monoisotopic (exact) mass is 527 g/mol. The van der Waals surface area contributed by atoms with Crippen LogP contribution < -0.4 is 0 Å². The summed E-state index contributed by atoms with van der Waals surface area (Å²) in [5.74, 6) is -2.92. The number of pyridine rings is 4. The minimum Gasteiger partial charge on any atom is -0.335 e. The van der Waals surface area contributed by atoms with Gasteiger partial charge in [-0.15, -0.1) is 0 Å². The second-order valence-corrected chi connectivity index (χ2v) is 9.56. The van der Waals surface area contributed by atoms with Gasteiger partial charge >= 0.3 is 0 Å². The highest BCUT2D eigenvalue weighted by atomic mass is 19.3. The van der Waals surface area contributed by atoms with Gasteiger partial charge in [0.05, 0.1) is 41.1 Å². The van der Waals surface area contributed by atoms with Crippen LogP contribution in [0.4, 0.5) is 13.2 Å². The molecule has 39 heavy (non-hydrogen) atoms. The van der Waals surface area contributed by atoms with Gasteiger partial charge in [-0.05, 0) is 23.8 Å². The van der Waals surface area contributed by atoms with Crippen LogP contribution >= 0.6 is 0 Å². The molecule has 1 fully saturated rings. The molecule has 6 aromatic rings. The van der Waals surface area contributed by atoms with E-state index >= 15 is 4.39 Å². The van der Waals surface area contributed by atoms with Crippen LogP contribution in [0.15, 0.2) is 61.4 Å². The van der Waals surface area contributed by atoms with Gasteiger partial charge in [0.25, 0.3) is 5.92 Å². The molecule has 0 bridgehead atoms. The van der Waals surface area contributed by atoms with Gasteiger partial charge in [-0.2, -0.15) is 5.10 Å². The molecular formula is C27H20F3N9. The fourth-order valence-electron chi connectivity index (χ4n) is 5.01. The van der Waals surface area contributed by atoms with E-state index in [4.69, 9.17) is 4.98 Å². The summed E-state index contributed by atoms with van der Waals surface area (Å²) in [5.41, 5.74) is 4.65. The summed E-state index contributed by atoms with van der Waals surface area (Å²) < 4.78 is 43.3. The zero-order valence-corrected chi connectivity index (χ0v) is 20.4. The first-order valence-electron chi connectivity index (χ1n) is 12.3. The van der Waals surface area contributed by atoms with Crippen molar-refractivity contribution in [3.05, 3.63) is 72.8 Å². The normalized spacial score (nSPS) is 15.5. The van der Waals surface area contributed by atoms with Crippen molar-refractivity contribution < 1.29 is 13.2 Å². The number of imidazole rings is 1. The van der Waals surface area contributed by atoms with Crippen LogP contribution in [0.3, 0.4) is 0 Å². The predicted octanol–water partition coefficient (Wildman–Crippen LogP) is 5.00. The third kappa shape index (κ3) is 4.18. The maximum atomic E-state index is 16.0. The molecule has 1 aliphatic rings. The first-order valence-corrected chi connectivity index (χ1v) is 12.3. The zero-order valence-electron chi connectivity index (χ0n) is 20.4. The summed E-state index contributed by atoms with van der Waals surface area (Å²) in [4.78, 5) is 26.8. The van der Waals surface area contributed by atoms with E-state index in [9.17, 15) is 8.78 Å². The second kappa shape index (κ2) is 8.95. The van der Waals surface area contributed by atoms with Gasteiger partial charge in [-0.3, -0.25) is 29.9 Å². The number of rotatable bonds is 5. The fourth-order valence-corrected chi connectivity index (χ4v) is 5.01. The molecule has 1 saturated heterocycles. The SMILES string of the molecule is Fc1c(-c2cncc(CN3CCC(F)(F)C3)c2)ncc2[nH]nc(-c3nc4c(-c5ccccn5)cncc4[nH]3)c12.